The molecule has 1 aromatic rings. The molecule has 0 atom stereocenters. The van der Waals surface area contributed by atoms with Crippen LogP contribution in [-0.2, 0) is 14.3 Å². The summed E-state index contributed by atoms with van der Waals surface area (Å²) in [7, 11) is 0. The number of hydrogen-bond donors (Lipinski definition) is 0. The minimum atomic E-state index is -0.371. The summed E-state index contributed by atoms with van der Waals surface area (Å²) in [5.74, 6) is 0.617. The van der Waals surface area contributed by atoms with E-state index in [0.717, 1.165) is 5.75 Å². The van der Waals surface area contributed by atoms with Gasteiger partial charge < -0.3 is 19.1 Å². The van der Waals surface area contributed by atoms with Gasteiger partial charge in [0.05, 0.1) is 32.1 Å². The van der Waals surface area contributed by atoms with Crippen LogP contribution in [0.4, 0.5) is 0 Å². The average Bonchev–Trinajstić information content (AvgIpc) is 2.61. The second-order valence-corrected chi connectivity index (χ2v) is 5.04. The number of nitrogens with zero attached hydrogens (tertiary/aromatic N) is 2. The Morgan fingerprint density at radius 3 is 2.24 bits per heavy atom. The molecule has 7 nitrogen and oxygen atoms in total. The highest BCUT2D eigenvalue weighted by atomic mass is 16.5. The maximum atomic E-state index is 12.3. The Balaban J connectivity index is 2.52. The zero-order chi connectivity index (χ0) is 18.5. The number of carbonyl (C=O) groups is 2. The molecular weight excluding hydrogens is 324 g/mol. The van der Waals surface area contributed by atoms with E-state index in [-0.39, 0.29) is 44.4 Å². The van der Waals surface area contributed by atoms with Crippen LogP contribution in [0.2, 0.25) is 0 Å². The number of carbonyl (C=O) groups excluding carboxylic acids is 2. The second kappa shape index (κ2) is 11.7. The molecule has 0 saturated heterocycles. The molecule has 0 saturated carbocycles. The zero-order valence-electron chi connectivity index (χ0n) is 14.7. The molecule has 0 fully saturated rings. The largest absolute Gasteiger partial charge is 0.494 e. The Hall–Kier alpha value is -2.75. The molecule has 0 aliphatic carbocycles. The first kappa shape index (κ1) is 20.3. The van der Waals surface area contributed by atoms with E-state index < -0.39 is 0 Å². The van der Waals surface area contributed by atoms with Crippen LogP contribution in [0.15, 0.2) is 24.3 Å². The second-order valence-electron chi connectivity index (χ2n) is 5.04. The monoisotopic (exact) mass is 348 g/mol. The van der Waals surface area contributed by atoms with Crippen LogP contribution < -0.4 is 9.47 Å². The molecule has 1 aromatic carbocycles. The molecule has 0 radical (unpaired) electrons. The lowest BCUT2D eigenvalue weighted by atomic mass is 10.3. The summed E-state index contributed by atoms with van der Waals surface area (Å²) in [6.45, 7) is 4.78. The Bertz CT molecular complexity index is 580. The molecule has 0 spiro atoms. The minimum absolute atomic E-state index is 0.0913. The molecule has 0 unspecified atom stereocenters. The number of ether oxygens (including phenoxy) is 3. The molecule has 25 heavy (non-hydrogen) atoms. The molecule has 0 aliphatic rings. The molecule has 0 heterocycles. The lowest BCUT2D eigenvalue weighted by Gasteiger charge is -2.21. The van der Waals surface area contributed by atoms with Crippen LogP contribution in [0.3, 0.4) is 0 Å². The van der Waals surface area contributed by atoms with E-state index in [2.05, 4.69) is 0 Å². The fraction of sp³-hybridized carbons (Fsp3) is 0.500. The first-order chi connectivity index (χ1) is 12.1. The maximum Gasteiger partial charge on any atom is 0.307 e. The van der Waals surface area contributed by atoms with Gasteiger partial charge in [-0.1, -0.05) is 0 Å². The lowest BCUT2D eigenvalue weighted by Crippen LogP contribution is -2.37. The van der Waals surface area contributed by atoms with Crippen molar-refractivity contribution in [1.82, 2.24) is 4.90 Å². The first-order valence-electron chi connectivity index (χ1n) is 8.26. The predicted molar refractivity (Wildman–Crippen MR) is 91.2 cm³/mol. The van der Waals surface area contributed by atoms with Gasteiger partial charge in [-0.05, 0) is 38.1 Å². The van der Waals surface area contributed by atoms with Crippen molar-refractivity contribution in [3.8, 4) is 17.6 Å². The number of amides is 1. The summed E-state index contributed by atoms with van der Waals surface area (Å²) < 4.78 is 15.7. The third-order valence-electron chi connectivity index (χ3n) is 3.23. The van der Waals surface area contributed by atoms with Gasteiger partial charge in [0, 0.05) is 13.1 Å². The van der Waals surface area contributed by atoms with Crippen LogP contribution in [0.5, 0.6) is 11.5 Å². The van der Waals surface area contributed by atoms with Crippen LogP contribution in [0.25, 0.3) is 0 Å². The predicted octanol–water partition coefficient (Wildman–Crippen LogP) is 2.16. The highest BCUT2D eigenvalue weighted by molar-refractivity contribution is 5.78. The van der Waals surface area contributed by atoms with Crippen molar-refractivity contribution in [3.63, 3.8) is 0 Å². The summed E-state index contributed by atoms with van der Waals surface area (Å²) >= 11 is 0. The van der Waals surface area contributed by atoms with Gasteiger partial charge in [-0.15, -0.1) is 0 Å². The summed E-state index contributed by atoms with van der Waals surface area (Å²) in [5, 5.41) is 8.71. The minimum Gasteiger partial charge on any atom is -0.494 e. The molecule has 0 N–H and O–H groups in total. The molecule has 0 bridgehead atoms. The third kappa shape index (κ3) is 8.06. The van der Waals surface area contributed by atoms with E-state index in [1.807, 2.05) is 13.0 Å². The fourth-order valence-corrected chi connectivity index (χ4v) is 2.04. The standard InChI is InChI=1S/C18H24N2O5/c1-3-23-15-6-8-16(9-7-15)25-14-17(21)20(12-5-11-19)13-10-18(22)24-4-2/h6-9H,3-5,10,12-14H2,1-2H3. The van der Waals surface area contributed by atoms with E-state index in [0.29, 0.717) is 19.0 Å². The quantitative estimate of drug-likeness (QED) is 0.569. The van der Waals surface area contributed by atoms with E-state index in [1.54, 1.807) is 31.2 Å². The highest BCUT2D eigenvalue weighted by Gasteiger charge is 2.16. The molecule has 136 valence electrons. The van der Waals surface area contributed by atoms with Gasteiger partial charge in [-0.25, -0.2) is 0 Å². The van der Waals surface area contributed by atoms with Crippen LogP contribution in [0, 0.1) is 11.3 Å². The average molecular weight is 348 g/mol. The van der Waals surface area contributed by atoms with Crippen molar-refractivity contribution < 1.29 is 23.8 Å². The third-order valence-corrected chi connectivity index (χ3v) is 3.23. The number of rotatable bonds is 11. The van der Waals surface area contributed by atoms with Crippen LogP contribution >= 0.6 is 0 Å². The van der Waals surface area contributed by atoms with Crippen molar-refractivity contribution in [2.75, 3.05) is 32.9 Å². The first-order valence-corrected chi connectivity index (χ1v) is 8.26. The van der Waals surface area contributed by atoms with E-state index in [1.165, 1.54) is 4.90 Å². The maximum absolute atomic E-state index is 12.3. The summed E-state index contributed by atoms with van der Waals surface area (Å²) in [4.78, 5) is 25.2. The van der Waals surface area contributed by atoms with Crippen molar-refractivity contribution >= 4 is 11.9 Å². The van der Waals surface area contributed by atoms with Gasteiger partial charge in [-0.2, -0.15) is 5.26 Å². The van der Waals surface area contributed by atoms with Gasteiger partial charge in [-0.3, -0.25) is 9.59 Å². The van der Waals surface area contributed by atoms with Gasteiger partial charge in [0.25, 0.3) is 5.91 Å². The number of benzene rings is 1. The van der Waals surface area contributed by atoms with Crippen molar-refractivity contribution in [1.29, 1.82) is 5.26 Å². The normalized spacial score (nSPS) is 9.80. The van der Waals surface area contributed by atoms with Crippen molar-refractivity contribution in [3.05, 3.63) is 24.3 Å². The Kier molecular flexibility index (Phi) is 9.53. The smallest absolute Gasteiger partial charge is 0.307 e. The van der Waals surface area contributed by atoms with Crippen LogP contribution in [-0.4, -0.2) is 49.7 Å². The van der Waals surface area contributed by atoms with Crippen molar-refractivity contribution in [2.24, 2.45) is 0 Å². The van der Waals surface area contributed by atoms with Crippen LogP contribution in [0.1, 0.15) is 26.7 Å². The fourth-order valence-electron chi connectivity index (χ4n) is 2.04. The number of esters is 1. The van der Waals surface area contributed by atoms with Gasteiger partial charge in [0.1, 0.15) is 11.5 Å². The summed E-state index contributed by atoms with van der Waals surface area (Å²) in [6.07, 6.45) is 0.283. The van der Waals surface area contributed by atoms with Gasteiger partial charge in [0.2, 0.25) is 0 Å². The SMILES string of the molecule is CCOC(=O)CCN(CCC#N)C(=O)COc1ccc(OCC)cc1. The topological polar surface area (TPSA) is 88.9 Å². The molecule has 7 heteroatoms. The summed E-state index contributed by atoms with van der Waals surface area (Å²) in [6, 6.07) is 8.95. The van der Waals surface area contributed by atoms with Gasteiger partial charge >= 0.3 is 5.97 Å². The molecule has 0 aromatic heterocycles. The highest BCUT2D eigenvalue weighted by Crippen LogP contribution is 2.17. The van der Waals surface area contributed by atoms with E-state index >= 15 is 0 Å². The molecule has 1 rings (SSSR count). The summed E-state index contributed by atoms with van der Waals surface area (Å²) in [5.41, 5.74) is 0. The Labute approximate surface area is 148 Å². The lowest BCUT2D eigenvalue weighted by molar-refractivity contribution is -0.144. The Morgan fingerprint density at radius 2 is 1.68 bits per heavy atom. The van der Waals surface area contributed by atoms with Gasteiger partial charge in [0.15, 0.2) is 6.61 Å². The zero-order valence-corrected chi connectivity index (χ0v) is 14.7. The number of nitriles is 1. The molecular formula is C18H24N2O5. The number of hydrogen-bond acceptors (Lipinski definition) is 6. The van der Waals surface area contributed by atoms with E-state index in [9.17, 15) is 9.59 Å². The molecule has 1 amide bonds. The van der Waals surface area contributed by atoms with E-state index in [4.69, 9.17) is 19.5 Å². The molecule has 0 aliphatic heterocycles. The van der Waals surface area contributed by atoms with Crippen molar-refractivity contribution in [2.45, 2.75) is 26.7 Å². The Morgan fingerprint density at radius 1 is 1.04 bits per heavy atom.